The van der Waals surface area contributed by atoms with E-state index in [1.165, 1.54) is 12.0 Å². The molecule has 170 valence electrons. The predicted molar refractivity (Wildman–Crippen MR) is 118 cm³/mol. The van der Waals surface area contributed by atoms with Gasteiger partial charge in [-0.2, -0.15) is 0 Å². The molecule has 2 aromatic carbocycles. The third kappa shape index (κ3) is 5.26. The molecule has 1 atom stereocenters. The number of alkyl carbamates (subject to hydrolysis) is 1. The summed E-state index contributed by atoms with van der Waals surface area (Å²) < 4.78 is 10.6. The van der Waals surface area contributed by atoms with E-state index >= 15 is 0 Å². The van der Waals surface area contributed by atoms with Crippen molar-refractivity contribution in [2.24, 2.45) is 0 Å². The second kappa shape index (κ2) is 10.8. The fraction of sp³-hybridized carbons (Fsp3) is 0.375. The zero-order valence-electron chi connectivity index (χ0n) is 18.2. The average molecular weight is 440 g/mol. The van der Waals surface area contributed by atoms with Gasteiger partial charge in [0.15, 0.2) is 0 Å². The van der Waals surface area contributed by atoms with E-state index in [0.29, 0.717) is 6.42 Å². The molecule has 2 N–H and O–H groups in total. The van der Waals surface area contributed by atoms with E-state index in [-0.39, 0.29) is 25.7 Å². The molecule has 0 aliphatic heterocycles. The van der Waals surface area contributed by atoms with E-state index in [1.54, 1.807) is 0 Å². The molecule has 8 nitrogen and oxygen atoms in total. The summed E-state index contributed by atoms with van der Waals surface area (Å²) in [6.45, 7) is 1.67. The zero-order chi connectivity index (χ0) is 23.1. The number of carbonyl (C=O) groups excluding carboxylic acids is 2. The highest BCUT2D eigenvalue weighted by molar-refractivity contribution is 5.88. The molecule has 0 aromatic heterocycles. The number of aliphatic carboxylic acids is 1. The summed E-state index contributed by atoms with van der Waals surface area (Å²) in [5.74, 6) is -1.75. The van der Waals surface area contributed by atoms with Gasteiger partial charge in [-0.25, -0.2) is 4.79 Å². The molecule has 0 fully saturated rings. The van der Waals surface area contributed by atoms with Crippen molar-refractivity contribution < 1.29 is 29.0 Å². The number of carboxylic acids is 1. The minimum absolute atomic E-state index is 0.0944. The third-order valence-corrected chi connectivity index (χ3v) is 5.40. The number of hydrogen-bond donors (Lipinski definition) is 2. The molecular formula is C24H28N2O6. The Hall–Kier alpha value is -3.39. The second-order valence-corrected chi connectivity index (χ2v) is 7.63. The van der Waals surface area contributed by atoms with E-state index in [0.717, 1.165) is 22.3 Å². The van der Waals surface area contributed by atoms with Crippen LogP contribution in [0.5, 0.6) is 0 Å². The van der Waals surface area contributed by atoms with Gasteiger partial charge in [-0.05, 0) is 28.7 Å². The third-order valence-electron chi connectivity index (χ3n) is 5.40. The van der Waals surface area contributed by atoms with Gasteiger partial charge in [0.05, 0.1) is 6.61 Å². The summed E-state index contributed by atoms with van der Waals surface area (Å²) in [5.41, 5.74) is 4.41. The topological polar surface area (TPSA) is 105 Å². The first-order valence-corrected chi connectivity index (χ1v) is 10.6. The molecule has 0 bridgehead atoms. The van der Waals surface area contributed by atoms with Crippen LogP contribution in [0.3, 0.4) is 0 Å². The summed E-state index contributed by atoms with van der Waals surface area (Å²) >= 11 is 0. The van der Waals surface area contributed by atoms with Crippen molar-refractivity contribution in [1.29, 1.82) is 0 Å². The van der Waals surface area contributed by atoms with Gasteiger partial charge in [0.2, 0.25) is 5.91 Å². The van der Waals surface area contributed by atoms with Crippen LogP contribution in [0.1, 0.15) is 30.4 Å². The highest BCUT2D eigenvalue weighted by Gasteiger charge is 2.31. The fourth-order valence-corrected chi connectivity index (χ4v) is 4.04. The Morgan fingerprint density at radius 1 is 1.06 bits per heavy atom. The van der Waals surface area contributed by atoms with Crippen LogP contribution >= 0.6 is 0 Å². The Kier molecular flexibility index (Phi) is 7.83. The minimum atomic E-state index is -1.12. The molecule has 32 heavy (non-hydrogen) atoms. The number of ether oxygens (including phenoxy) is 2. The van der Waals surface area contributed by atoms with Crippen LogP contribution in [-0.2, 0) is 19.1 Å². The van der Waals surface area contributed by atoms with E-state index in [9.17, 15) is 14.4 Å². The van der Waals surface area contributed by atoms with Crippen LogP contribution in [0.25, 0.3) is 11.1 Å². The molecule has 2 aromatic rings. The second-order valence-electron chi connectivity index (χ2n) is 7.63. The van der Waals surface area contributed by atoms with Gasteiger partial charge >= 0.3 is 12.1 Å². The number of nitrogens with one attached hydrogen (secondary N) is 1. The summed E-state index contributed by atoms with van der Waals surface area (Å²) in [5, 5.41) is 11.6. The number of fused-ring (bicyclic) bond motifs is 3. The SMILES string of the molecule is CCCN(CC(=O)O)C(=O)[C@H](COC)NC(=O)OCC1c2ccccc2-c2ccccc21. The van der Waals surface area contributed by atoms with Gasteiger partial charge in [-0.1, -0.05) is 55.5 Å². The molecule has 2 amide bonds. The normalized spacial score (nSPS) is 13.1. The quantitative estimate of drug-likeness (QED) is 0.589. The van der Waals surface area contributed by atoms with Crippen LogP contribution in [0, 0.1) is 0 Å². The molecule has 1 aliphatic carbocycles. The number of carbonyl (C=O) groups is 3. The molecule has 3 rings (SSSR count). The van der Waals surface area contributed by atoms with Gasteiger partial charge in [-0.3, -0.25) is 9.59 Å². The Bertz CT molecular complexity index is 931. The molecule has 0 saturated carbocycles. The number of nitrogens with zero attached hydrogens (tertiary/aromatic N) is 1. The van der Waals surface area contributed by atoms with Gasteiger partial charge in [-0.15, -0.1) is 0 Å². The van der Waals surface area contributed by atoms with Crippen LogP contribution in [0.2, 0.25) is 0 Å². The Morgan fingerprint density at radius 2 is 1.66 bits per heavy atom. The van der Waals surface area contributed by atoms with Gasteiger partial charge in [0.25, 0.3) is 0 Å². The number of carboxylic acid groups (broad SMARTS) is 1. The van der Waals surface area contributed by atoms with Crippen molar-refractivity contribution in [2.45, 2.75) is 25.3 Å². The maximum Gasteiger partial charge on any atom is 0.407 e. The van der Waals surface area contributed by atoms with Crippen LogP contribution in [0.4, 0.5) is 4.79 Å². The van der Waals surface area contributed by atoms with E-state index in [2.05, 4.69) is 5.32 Å². The Balaban J connectivity index is 1.67. The molecule has 0 radical (unpaired) electrons. The smallest absolute Gasteiger partial charge is 0.407 e. The van der Waals surface area contributed by atoms with Gasteiger partial charge < -0.3 is 24.8 Å². The lowest BCUT2D eigenvalue weighted by molar-refractivity contribution is -0.145. The maximum absolute atomic E-state index is 12.8. The lowest BCUT2D eigenvalue weighted by Crippen LogP contribution is -2.52. The van der Waals surface area contributed by atoms with Gasteiger partial charge in [0.1, 0.15) is 19.2 Å². The average Bonchev–Trinajstić information content (AvgIpc) is 3.10. The molecule has 0 heterocycles. The van der Waals surface area contributed by atoms with Crippen molar-refractivity contribution in [2.75, 3.05) is 33.4 Å². The minimum Gasteiger partial charge on any atom is -0.480 e. The summed E-state index contributed by atoms with van der Waals surface area (Å²) in [6.07, 6.45) is -0.169. The van der Waals surface area contributed by atoms with E-state index < -0.39 is 30.6 Å². The number of rotatable bonds is 10. The van der Waals surface area contributed by atoms with Crippen LogP contribution in [0.15, 0.2) is 48.5 Å². The summed E-state index contributed by atoms with van der Waals surface area (Å²) in [6, 6.07) is 15.0. The summed E-state index contributed by atoms with van der Waals surface area (Å²) in [7, 11) is 1.40. The first-order chi connectivity index (χ1) is 15.5. The molecular weight excluding hydrogens is 412 g/mol. The fourth-order valence-electron chi connectivity index (χ4n) is 4.04. The largest absolute Gasteiger partial charge is 0.480 e. The van der Waals surface area contributed by atoms with Crippen molar-refractivity contribution in [3.05, 3.63) is 59.7 Å². The molecule has 0 saturated heterocycles. The zero-order valence-corrected chi connectivity index (χ0v) is 18.2. The number of methoxy groups -OCH3 is 1. The first kappa shape index (κ1) is 23.3. The van der Waals surface area contributed by atoms with Crippen molar-refractivity contribution in [3.63, 3.8) is 0 Å². The first-order valence-electron chi connectivity index (χ1n) is 10.6. The molecule has 8 heteroatoms. The van der Waals surface area contributed by atoms with Crippen LogP contribution in [-0.4, -0.2) is 67.4 Å². The molecule has 1 aliphatic rings. The lowest BCUT2D eigenvalue weighted by Gasteiger charge is -2.26. The van der Waals surface area contributed by atoms with Crippen molar-refractivity contribution >= 4 is 18.0 Å². The van der Waals surface area contributed by atoms with Crippen molar-refractivity contribution in [3.8, 4) is 11.1 Å². The highest BCUT2D eigenvalue weighted by Crippen LogP contribution is 2.44. The maximum atomic E-state index is 12.8. The number of benzene rings is 2. The van der Waals surface area contributed by atoms with Crippen LogP contribution < -0.4 is 5.32 Å². The number of hydrogen-bond acceptors (Lipinski definition) is 5. The monoisotopic (exact) mass is 440 g/mol. The van der Waals surface area contributed by atoms with Crippen molar-refractivity contribution in [1.82, 2.24) is 10.2 Å². The molecule has 0 spiro atoms. The van der Waals surface area contributed by atoms with E-state index in [4.69, 9.17) is 14.6 Å². The lowest BCUT2D eigenvalue weighted by atomic mass is 9.98. The standard InChI is InChI=1S/C24H28N2O6/c1-3-12-26(13-22(27)28)23(29)21(15-31-2)25-24(30)32-14-20-18-10-6-4-8-16(18)17-9-5-7-11-19(17)20/h4-11,20-21H,3,12-15H2,1-2H3,(H,25,30)(H,27,28)/t21-/m0/s1. The highest BCUT2D eigenvalue weighted by atomic mass is 16.5. The predicted octanol–water partition coefficient (Wildman–Crippen LogP) is 2.86. The number of amides is 2. The summed E-state index contributed by atoms with van der Waals surface area (Å²) in [4.78, 5) is 37.6. The van der Waals surface area contributed by atoms with E-state index in [1.807, 2.05) is 55.5 Å². The Morgan fingerprint density at radius 3 is 2.19 bits per heavy atom. The van der Waals surface area contributed by atoms with Gasteiger partial charge in [0, 0.05) is 19.6 Å². The molecule has 0 unspecified atom stereocenters. The Labute approximate surface area is 187 Å².